The Bertz CT molecular complexity index is 968. The summed E-state index contributed by atoms with van der Waals surface area (Å²) in [6.45, 7) is 2.84. The number of aliphatic hydroxyl groups is 3. The van der Waals surface area contributed by atoms with Gasteiger partial charge < -0.3 is 19.8 Å². The van der Waals surface area contributed by atoms with Crippen LogP contribution in [0.3, 0.4) is 0 Å². The van der Waals surface area contributed by atoms with E-state index in [1.54, 1.807) is 13.8 Å². The molecule has 1 unspecified atom stereocenters. The van der Waals surface area contributed by atoms with Crippen LogP contribution in [0.25, 0.3) is 0 Å². The van der Waals surface area contributed by atoms with E-state index in [0.29, 0.717) is 19.3 Å². The number of Topliss-reactive ketones (excluding diaryl/α,β-unsaturated/α-hetero) is 1. The summed E-state index contributed by atoms with van der Waals surface area (Å²) in [5.41, 5.74) is -2.93. The first-order valence-corrected chi connectivity index (χ1v) is 12.4. The molecule has 9 nitrogen and oxygen atoms in total. The number of phosphoric acid groups is 1. The molecule has 182 valence electrons. The minimum absolute atomic E-state index is 0. The van der Waals surface area contributed by atoms with Gasteiger partial charge in [0.05, 0.1) is 11.5 Å². The summed E-state index contributed by atoms with van der Waals surface area (Å²) in [6.07, 6.45) is 3.71. The number of phosphoric ester groups is 1. The van der Waals surface area contributed by atoms with E-state index < -0.39 is 48.7 Å². The van der Waals surface area contributed by atoms with E-state index in [1.165, 1.54) is 12.2 Å². The van der Waals surface area contributed by atoms with E-state index in [4.69, 9.17) is 4.52 Å². The average molecular weight is 518 g/mol. The molecule has 34 heavy (non-hydrogen) atoms. The summed E-state index contributed by atoms with van der Waals surface area (Å²) in [4.78, 5) is 34.8. The van der Waals surface area contributed by atoms with Gasteiger partial charge in [-0.25, -0.2) is 4.57 Å². The van der Waals surface area contributed by atoms with E-state index in [0.717, 1.165) is 12.7 Å². The number of hydrogen-bond acceptors (Lipinski definition) is 8. The van der Waals surface area contributed by atoms with Crippen molar-refractivity contribution >= 4 is 78.5 Å². The third-order valence-corrected chi connectivity index (χ3v) is 9.73. The molecule has 0 saturated heterocycles. The monoisotopic (exact) mass is 518 g/mol. The molecule has 0 radical (unpaired) electrons. The Kier molecular flexibility index (Phi) is 9.47. The summed E-state index contributed by atoms with van der Waals surface area (Å²) in [6, 6.07) is 0. The topological polar surface area (TPSA) is 151 Å². The first-order valence-electron chi connectivity index (χ1n) is 10.9. The van der Waals surface area contributed by atoms with E-state index in [1.807, 2.05) is 0 Å². The molecule has 4 rings (SSSR count). The Morgan fingerprint density at radius 2 is 1.88 bits per heavy atom. The van der Waals surface area contributed by atoms with Crippen molar-refractivity contribution in [2.24, 2.45) is 28.6 Å². The van der Waals surface area contributed by atoms with Crippen LogP contribution in [0.15, 0.2) is 23.5 Å². The maximum absolute atomic E-state index is 12.5. The number of carbonyl (C=O) groups is 2. The van der Waals surface area contributed by atoms with Crippen molar-refractivity contribution in [1.29, 1.82) is 0 Å². The number of fused-ring (bicyclic) bond motifs is 5. The van der Waals surface area contributed by atoms with Gasteiger partial charge in [0.2, 0.25) is 0 Å². The van der Waals surface area contributed by atoms with Gasteiger partial charge in [-0.15, -0.1) is 0 Å². The first-order chi connectivity index (χ1) is 14.8. The third-order valence-electron chi connectivity index (χ3n) is 8.84. The van der Waals surface area contributed by atoms with E-state index in [-0.39, 0.29) is 95.3 Å². The van der Waals surface area contributed by atoms with Gasteiger partial charge in [0, 0.05) is 24.5 Å². The van der Waals surface area contributed by atoms with E-state index in [9.17, 15) is 34.4 Å². The van der Waals surface area contributed by atoms with Crippen molar-refractivity contribution in [3.63, 3.8) is 0 Å². The van der Waals surface area contributed by atoms with Crippen molar-refractivity contribution in [2.45, 2.75) is 57.7 Å². The number of allylic oxidation sites excluding steroid dienone is 3. The molecule has 0 aromatic rings. The van der Waals surface area contributed by atoms with Gasteiger partial charge >= 0.3 is 66.9 Å². The van der Waals surface area contributed by atoms with E-state index in [2.05, 4.69) is 4.52 Å². The fourth-order valence-electron chi connectivity index (χ4n) is 7.28. The molecule has 0 aromatic heterocycles. The molecular weight excluding hydrogens is 485 g/mol. The van der Waals surface area contributed by atoms with Gasteiger partial charge in [0.1, 0.15) is 18.0 Å². The standard InChI is InChI=1S/C22H31O9P.2Na.2H/c1-20-10-16(25)19-14(15(20)6-7-22(20,27)17(26)11-23)5-4-12-8-13(24)9-18(21(12,19)2)31-32(28,29)30-3;;;;/h8-9,14-16,19,23,25,27H,4-7,10-11H2,1-3H3,(H,28,29);;;;/t14-,15-,16-,19+,20-,21+,22-;;;;/m0..../s1. The Morgan fingerprint density at radius 3 is 2.47 bits per heavy atom. The van der Waals surface area contributed by atoms with Crippen molar-refractivity contribution in [3.05, 3.63) is 23.5 Å². The van der Waals surface area contributed by atoms with Crippen LogP contribution in [-0.2, 0) is 23.2 Å². The van der Waals surface area contributed by atoms with Crippen molar-refractivity contribution in [3.8, 4) is 0 Å². The molecule has 4 aliphatic rings. The molecule has 0 spiro atoms. The van der Waals surface area contributed by atoms with Gasteiger partial charge in [-0.3, -0.25) is 19.0 Å². The zero-order valence-electron chi connectivity index (χ0n) is 18.5. The van der Waals surface area contributed by atoms with Crippen LogP contribution < -0.4 is 0 Å². The van der Waals surface area contributed by atoms with Gasteiger partial charge in [-0.05, 0) is 56.9 Å². The number of rotatable bonds is 5. The Morgan fingerprint density at radius 1 is 1.24 bits per heavy atom. The van der Waals surface area contributed by atoms with Gasteiger partial charge in [-0.1, -0.05) is 12.5 Å². The van der Waals surface area contributed by atoms with Crippen LogP contribution in [0, 0.1) is 28.6 Å². The molecule has 4 aliphatic carbocycles. The van der Waals surface area contributed by atoms with Crippen LogP contribution in [0.1, 0.15) is 46.0 Å². The molecule has 12 heteroatoms. The maximum atomic E-state index is 12.5. The summed E-state index contributed by atoms with van der Waals surface area (Å²) in [5.74, 6) is -1.71. The van der Waals surface area contributed by atoms with Crippen LogP contribution in [0.2, 0.25) is 0 Å². The van der Waals surface area contributed by atoms with Crippen LogP contribution >= 0.6 is 7.82 Å². The Balaban J connectivity index is 0.00000204. The number of ketones is 2. The molecule has 0 aliphatic heterocycles. The zero-order valence-corrected chi connectivity index (χ0v) is 19.4. The molecule has 0 amide bonds. The molecular formula is C22H33Na2O9P. The molecule has 3 saturated carbocycles. The molecule has 3 fully saturated rings. The Hall–Kier alpha value is 0.650. The second kappa shape index (κ2) is 10.4. The molecule has 0 bridgehead atoms. The van der Waals surface area contributed by atoms with Crippen LogP contribution in [-0.4, -0.2) is 116 Å². The van der Waals surface area contributed by atoms with Gasteiger partial charge in [0.25, 0.3) is 0 Å². The molecule has 4 N–H and O–H groups in total. The molecule has 0 aromatic carbocycles. The SMILES string of the molecule is COP(=O)(O)OC1=CC(=O)C=C2CC[C@@H]3[C@H]([C@@H](O)C[C@@]4(C)[C@H]3CC[C@]4(O)C(=O)CO)[C@]21C.[NaH].[NaH]. The minimum atomic E-state index is -4.46. The quantitative estimate of drug-likeness (QED) is 0.299. The molecule has 0 heterocycles. The average Bonchev–Trinajstić information content (AvgIpc) is 2.99. The summed E-state index contributed by atoms with van der Waals surface area (Å²) >= 11 is 0. The van der Waals surface area contributed by atoms with E-state index >= 15 is 0 Å². The number of hydrogen-bond donors (Lipinski definition) is 4. The summed E-state index contributed by atoms with van der Waals surface area (Å²) in [7, 11) is -3.42. The predicted octanol–water partition coefficient (Wildman–Crippen LogP) is 0.352. The number of aliphatic hydroxyl groups excluding tert-OH is 2. The van der Waals surface area contributed by atoms with Crippen LogP contribution in [0.5, 0.6) is 0 Å². The van der Waals surface area contributed by atoms with Gasteiger partial charge in [-0.2, -0.15) is 0 Å². The zero-order chi connectivity index (χ0) is 23.7. The van der Waals surface area contributed by atoms with Crippen LogP contribution in [0.4, 0.5) is 0 Å². The summed E-state index contributed by atoms with van der Waals surface area (Å²) in [5, 5.41) is 32.1. The van der Waals surface area contributed by atoms with Gasteiger partial charge in [0.15, 0.2) is 11.6 Å². The predicted molar refractivity (Wildman–Crippen MR) is 126 cm³/mol. The van der Waals surface area contributed by atoms with Crippen molar-refractivity contribution < 1.29 is 43.4 Å². The third kappa shape index (κ3) is 4.46. The normalized spacial score (nSPS) is 42.4. The fraction of sp³-hybridized carbons (Fsp3) is 0.727. The summed E-state index contributed by atoms with van der Waals surface area (Å²) < 4.78 is 22.1. The fourth-order valence-corrected chi connectivity index (χ4v) is 7.84. The second-order valence-electron chi connectivity index (χ2n) is 10.0. The molecule has 8 atom stereocenters. The van der Waals surface area contributed by atoms with Crippen molar-refractivity contribution in [1.82, 2.24) is 0 Å². The number of carbonyl (C=O) groups excluding carboxylic acids is 2. The van der Waals surface area contributed by atoms with Crippen molar-refractivity contribution in [2.75, 3.05) is 13.7 Å². The first kappa shape index (κ1) is 30.9. The Labute approximate surface area is 243 Å². The second-order valence-corrected chi connectivity index (χ2v) is 11.5.